The van der Waals surface area contributed by atoms with Crippen molar-refractivity contribution in [1.29, 1.82) is 0 Å². The highest BCUT2D eigenvalue weighted by atomic mass is 16.5. The van der Waals surface area contributed by atoms with Gasteiger partial charge in [0.25, 0.3) is 0 Å². The molecule has 5 rings (SSSR count). The van der Waals surface area contributed by atoms with Crippen LogP contribution in [0.2, 0.25) is 0 Å². The lowest BCUT2D eigenvalue weighted by molar-refractivity contribution is -0.179. The number of hydrogen-bond donors (Lipinski definition) is 2. The highest BCUT2D eigenvalue weighted by molar-refractivity contribution is 5.84. The molecule has 6 heteroatoms. The number of hydrogen-bond acceptors (Lipinski definition) is 6. The Balaban J connectivity index is 1.78. The smallest absolute Gasteiger partial charge is 0.340 e. The maximum atomic E-state index is 12.9. The molecule has 3 heterocycles. The molecule has 6 nitrogen and oxygen atoms in total. The number of carbonyl (C=O) groups is 1. The maximum Gasteiger partial charge on any atom is 0.340 e. The van der Waals surface area contributed by atoms with Crippen molar-refractivity contribution in [3.8, 4) is 5.75 Å². The minimum Gasteiger partial charge on any atom is -0.497 e. The van der Waals surface area contributed by atoms with Crippen molar-refractivity contribution in [2.45, 2.75) is 49.3 Å². The van der Waals surface area contributed by atoms with Gasteiger partial charge in [-0.15, -0.1) is 0 Å². The molecule has 5 atom stereocenters. The molecule has 1 unspecified atom stereocenters. The number of nitrogens with zero attached hydrogens (tertiary/aromatic N) is 1. The Labute approximate surface area is 165 Å². The van der Waals surface area contributed by atoms with Crippen LogP contribution in [-0.4, -0.2) is 61.0 Å². The molecule has 0 aromatic heterocycles. The van der Waals surface area contributed by atoms with Crippen LogP contribution in [-0.2, 0) is 14.9 Å². The van der Waals surface area contributed by atoms with E-state index in [9.17, 15) is 9.90 Å². The number of methoxy groups -OCH3 is 2. The second kappa shape index (κ2) is 5.74. The van der Waals surface area contributed by atoms with E-state index in [1.165, 1.54) is 12.7 Å². The molecule has 0 amide bonds. The van der Waals surface area contributed by atoms with E-state index in [0.717, 1.165) is 37.4 Å². The quantitative estimate of drug-likeness (QED) is 0.614. The van der Waals surface area contributed by atoms with Crippen molar-refractivity contribution in [1.82, 2.24) is 4.90 Å². The van der Waals surface area contributed by atoms with Gasteiger partial charge in [0.05, 0.1) is 20.3 Å². The van der Waals surface area contributed by atoms with E-state index in [2.05, 4.69) is 35.4 Å². The van der Waals surface area contributed by atoms with Gasteiger partial charge < -0.3 is 19.9 Å². The van der Waals surface area contributed by atoms with E-state index in [4.69, 9.17) is 9.47 Å². The van der Waals surface area contributed by atoms with Crippen LogP contribution in [0.25, 0.3) is 0 Å². The average Bonchev–Trinajstić information content (AvgIpc) is 3.28. The first kappa shape index (κ1) is 18.0. The third kappa shape index (κ3) is 1.93. The number of nitrogens with one attached hydrogen (secondary N) is 1. The summed E-state index contributed by atoms with van der Waals surface area (Å²) in [7, 11) is 3.01. The van der Waals surface area contributed by atoms with E-state index in [1.807, 2.05) is 12.1 Å². The van der Waals surface area contributed by atoms with Gasteiger partial charge in [-0.3, -0.25) is 4.90 Å². The highest BCUT2D eigenvalue weighted by Gasteiger charge is 2.73. The molecule has 1 aromatic carbocycles. The fraction of sp³-hybridized carbons (Fsp3) is 0.591. The Bertz CT molecular complexity index is 870. The summed E-state index contributed by atoms with van der Waals surface area (Å²) in [5.74, 6) is 0.218. The predicted octanol–water partition coefficient (Wildman–Crippen LogP) is 2.08. The Morgan fingerprint density at radius 3 is 2.93 bits per heavy atom. The SMILES string of the molecule is CC[C@]12C=CCN3CC[C@@]4(c5ccc(OC)cc5N[C@H]4[C@@](O)(C(=O)OC)C1)C32. The number of carbonyl (C=O) groups excluding carboxylic acids is 1. The third-order valence-electron chi connectivity index (χ3n) is 7.82. The van der Waals surface area contributed by atoms with E-state index in [-0.39, 0.29) is 16.9 Å². The van der Waals surface area contributed by atoms with Crippen molar-refractivity contribution in [2.75, 3.05) is 32.6 Å². The Morgan fingerprint density at radius 1 is 1.39 bits per heavy atom. The fourth-order valence-electron chi connectivity index (χ4n) is 6.81. The highest BCUT2D eigenvalue weighted by Crippen LogP contribution is 2.65. The summed E-state index contributed by atoms with van der Waals surface area (Å²) in [5.41, 5.74) is -0.0671. The number of anilines is 1. The van der Waals surface area contributed by atoms with Crippen LogP contribution in [0.3, 0.4) is 0 Å². The fourth-order valence-corrected chi connectivity index (χ4v) is 6.81. The molecule has 0 radical (unpaired) electrons. The molecule has 0 bridgehead atoms. The lowest BCUT2D eigenvalue weighted by Gasteiger charge is -2.59. The molecular weight excluding hydrogens is 356 g/mol. The van der Waals surface area contributed by atoms with E-state index < -0.39 is 17.6 Å². The van der Waals surface area contributed by atoms with Crippen molar-refractivity contribution < 1.29 is 19.4 Å². The molecule has 150 valence electrons. The van der Waals surface area contributed by atoms with Crippen LogP contribution >= 0.6 is 0 Å². The summed E-state index contributed by atoms with van der Waals surface area (Å²) in [6.45, 7) is 4.04. The maximum absolute atomic E-state index is 12.9. The van der Waals surface area contributed by atoms with Crippen LogP contribution in [0.4, 0.5) is 5.69 Å². The predicted molar refractivity (Wildman–Crippen MR) is 106 cm³/mol. The van der Waals surface area contributed by atoms with Gasteiger partial charge in [0.2, 0.25) is 0 Å². The molecule has 1 saturated carbocycles. The normalized spacial score (nSPS) is 40.3. The standard InChI is InChI=1S/C22H28N2O4/c1-4-20-8-5-10-24-11-9-21(18(20)24)15-7-6-14(27-2)12-16(15)23-17(21)22(26,13-20)19(25)28-3/h5-8,12,17-18,23,26H,4,9-11,13H2,1-3H3/t17-,18?,20+,21+,22-/m1/s1. The zero-order valence-electron chi connectivity index (χ0n) is 16.7. The first-order valence-corrected chi connectivity index (χ1v) is 10.1. The minimum atomic E-state index is -1.59. The first-order chi connectivity index (χ1) is 13.4. The van der Waals surface area contributed by atoms with Crippen molar-refractivity contribution in [3.05, 3.63) is 35.9 Å². The number of rotatable bonds is 3. The van der Waals surface area contributed by atoms with Crippen LogP contribution < -0.4 is 10.1 Å². The van der Waals surface area contributed by atoms with E-state index in [1.54, 1.807) is 7.11 Å². The number of aliphatic hydroxyl groups is 1. The van der Waals surface area contributed by atoms with Crippen LogP contribution in [0.5, 0.6) is 5.75 Å². The van der Waals surface area contributed by atoms with Crippen molar-refractivity contribution >= 4 is 11.7 Å². The summed E-state index contributed by atoms with van der Waals surface area (Å²) in [5, 5.41) is 15.4. The average molecular weight is 384 g/mol. The number of benzene rings is 1. The largest absolute Gasteiger partial charge is 0.497 e. The Morgan fingerprint density at radius 2 is 2.21 bits per heavy atom. The van der Waals surface area contributed by atoms with Crippen LogP contribution in [0, 0.1) is 5.41 Å². The molecule has 3 aliphatic heterocycles. The second-order valence-corrected chi connectivity index (χ2v) is 8.76. The molecular formula is C22H28N2O4. The first-order valence-electron chi connectivity index (χ1n) is 10.1. The number of ether oxygens (including phenoxy) is 2. The molecule has 2 fully saturated rings. The van der Waals surface area contributed by atoms with Gasteiger partial charge in [0.1, 0.15) is 5.75 Å². The minimum absolute atomic E-state index is 0.243. The van der Waals surface area contributed by atoms with Gasteiger partial charge in [-0.25, -0.2) is 4.79 Å². The van der Waals surface area contributed by atoms with Gasteiger partial charge in [0.15, 0.2) is 5.60 Å². The lowest BCUT2D eigenvalue weighted by atomic mass is 9.49. The van der Waals surface area contributed by atoms with Crippen LogP contribution in [0.15, 0.2) is 30.4 Å². The van der Waals surface area contributed by atoms with E-state index >= 15 is 0 Å². The number of fused-ring (bicyclic) bond motifs is 1. The van der Waals surface area contributed by atoms with Gasteiger partial charge in [-0.2, -0.15) is 0 Å². The van der Waals surface area contributed by atoms with Gasteiger partial charge in [0, 0.05) is 35.2 Å². The molecule has 1 spiro atoms. The van der Waals surface area contributed by atoms with Crippen molar-refractivity contribution in [3.63, 3.8) is 0 Å². The topological polar surface area (TPSA) is 71.0 Å². The number of esters is 1. The molecule has 1 saturated heterocycles. The molecule has 2 N–H and O–H groups in total. The zero-order chi connectivity index (χ0) is 19.7. The summed E-state index contributed by atoms with van der Waals surface area (Å²) in [4.78, 5) is 15.5. The van der Waals surface area contributed by atoms with Gasteiger partial charge in [-0.1, -0.05) is 25.1 Å². The van der Waals surface area contributed by atoms with Gasteiger partial charge in [-0.05, 0) is 37.4 Å². The third-order valence-corrected chi connectivity index (χ3v) is 7.82. The van der Waals surface area contributed by atoms with Crippen LogP contribution in [0.1, 0.15) is 31.7 Å². The molecule has 4 aliphatic rings. The summed E-state index contributed by atoms with van der Waals surface area (Å²) >= 11 is 0. The lowest BCUT2D eigenvalue weighted by Crippen LogP contribution is -2.73. The summed E-state index contributed by atoms with van der Waals surface area (Å²) in [6, 6.07) is 5.91. The zero-order valence-corrected chi connectivity index (χ0v) is 16.7. The van der Waals surface area contributed by atoms with Gasteiger partial charge >= 0.3 is 5.97 Å². The Kier molecular flexibility index (Phi) is 3.69. The second-order valence-electron chi connectivity index (χ2n) is 8.76. The monoisotopic (exact) mass is 384 g/mol. The molecule has 28 heavy (non-hydrogen) atoms. The molecule has 1 aromatic rings. The Hall–Kier alpha value is -2.05. The summed E-state index contributed by atoms with van der Waals surface area (Å²) in [6.07, 6.45) is 6.59. The summed E-state index contributed by atoms with van der Waals surface area (Å²) < 4.78 is 10.5. The van der Waals surface area contributed by atoms with E-state index in [0.29, 0.717) is 6.42 Å². The van der Waals surface area contributed by atoms with Crippen molar-refractivity contribution in [2.24, 2.45) is 5.41 Å². The molecule has 1 aliphatic carbocycles.